The highest BCUT2D eigenvalue weighted by molar-refractivity contribution is 8.14. The van der Waals surface area contributed by atoms with Gasteiger partial charge in [-0.3, -0.25) is 8.37 Å². The van der Waals surface area contributed by atoms with E-state index < -0.39 is 61.7 Å². The average Bonchev–Trinajstić information content (AvgIpc) is 3.18. The van der Waals surface area contributed by atoms with Gasteiger partial charge in [-0.1, -0.05) is 76.2 Å². The molecule has 4 bridgehead atoms. The summed E-state index contributed by atoms with van der Waals surface area (Å²) >= 11 is 0. The van der Waals surface area contributed by atoms with Crippen LogP contribution in [0.15, 0.2) is 117 Å². The van der Waals surface area contributed by atoms with Gasteiger partial charge in [0.1, 0.15) is 12.2 Å². The molecule has 0 saturated heterocycles. The molecule has 62 heavy (non-hydrogen) atoms. The number of aliphatic hydroxyl groups is 2. The molecule has 10 rings (SSSR count). The molecule has 4 aromatic carbocycles. The summed E-state index contributed by atoms with van der Waals surface area (Å²) in [7, 11) is -5.28. The van der Waals surface area contributed by atoms with Gasteiger partial charge in [-0.15, -0.1) is 0 Å². The molecule has 6 aliphatic rings. The van der Waals surface area contributed by atoms with Gasteiger partial charge in [0.25, 0.3) is 38.3 Å². The smallest absolute Gasteiger partial charge is 0.297 e. The van der Waals surface area contributed by atoms with Crippen LogP contribution in [-0.4, -0.2) is 67.3 Å². The van der Waals surface area contributed by atoms with Gasteiger partial charge < -0.3 is 10.2 Å². The molecule has 0 aliphatic heterocycles. The Kier molecular flexibility index (Phi) is 12.1. The van der Waals surface area contributed by atoms with E-state index in [9.17, 15) is 43.9 Å². The summed E-state index contributed by atoms with van der Waals surface area (Å²) < 4.78 is 108. The highest BCUT2D eigenvalue weighted by atomic mass is 35.7. The van der Waals surface area contributed by atoms with Crippen molar-refractivity contribution in [2.45, 2.75) is 110 Å². The molecule has 0 radical (unpaired) electrons. The Balaban J connectivity index is 0.000000242. The highest BCUT2D eigenvalue weighted by Gasteiger charge is 2.65. The second-order valence-electron chi connectivity index (χ2n) is 18.6. The maximum absolute atomic E-state index is 13.1. The zero-order valence-corrected chi connectivity index (χ0v) is 39.7. The van der Waals surface area contributed by atoms with Crippen molar-refractivity contribution in [3.8, 4) is 22.3 Å². The summed E-state index contributed by atoms with van der Waals surface area (Å²) in [5, 5.41) is 22.3. The van der Waals surface area contributed by atoms with Gasteiger partial charge in [0.2, 0.25) is 0 Å². The molecular formula is C44H50Cl2O12S4. The van der Waals surface area contributed by atoms with E-state index in [1.54, 1.807) is 62.4 Å². The first-order chi connectivity index (χ1) is 28.5. The minimum absolute atomic E-state index is 0.00266. The van der Waals surface area contributed by atoms with Gasteiger partial charge in [-0.05, 0) is 145 Å². The van der Waals surface area contributed by atoms with Crippen LogP contribution >= 0.6 is 21.4 Å². The molecule has 18 heteroatoms. The molecule has 4 aromatic rings. The van der Waals surface area contributed by atoms with Crippen LogP contribution < -0.4 is 0 Å². The average molecular weight is 970 g/mol. The summed E-state index contributed by atoms with van der Waals surface area (Å²) in [6.45, 7) is 11.8. The SMILES string of the molecule is CC1(C)C2CC(OS(=O)(=O)c3ccc(-c4ccc(S(=O)(=O)OC5CC6CC(C6(C)C)C5(C)O)cc4)cc3)C(C)(O)C1C2.O=S(=O)(Cl)c1ccc(-c2ccc(S(=O)(=O)Cl)cc2)cc1. The van der Waals surface area contributed by atoms with Crippen LogP contribution in [-0.2, 0) is 46.7 Å². The Labute approximate surface area is 373 Å². The normalized spacial score (nSPS) is 29.9. The van der Waals surface area contributed by atoms with Crippen LogP contribution in [0.3, 0.4) is 0 Å². The van der Waals surface area contributed by atoms with Gasteiger partial charge in [0.15, 0.2) is 0 Å². The number of halogens is 2. The topological polar surface area (TPSA) is 195 Å². The molecule has 336 valence electrons. The lowest BCUT2D eigenvalue weighted by Crippen LogP contribution is -2.67. The fourth-order valence-corrected chi connectivity index (χ4v) is 14.1. The third-order valence-electron chi connectivity index (χ3n) is 14.4. The van der Waals surface area contributed by atoms with E-state index in [-0.39, 0.29) is 42.2 Å². The van der Waals surface area contributed by atoms with E-state index in [0.29, 0.717) is 35.8 Å². The Hall–Kier alpha value is -2.90. The van der Waals surface area contributed by atoms with Crippen molar-refractivity contribution < 1.29 is 52.3 Å². The molecule has 8 atom stereocenters. The molecular weight excluding hydrogens is 920 g/mol. The molecule has 6 aliphatic carbocycles. The molecule has 8 unspecified atom stereocenters. The van der Waals surface area contributed by atoms with Crippen molar-refractivity contribution in [1.29, 1.82) is 0 Å². The summed E-state index contributed by atoms with van der Waals surface area (Å²) in [4.78, 5) is -0.00595. The predicted octanol–water partition coefficient (Wildman–Crippen LogP) is 8.34. The summed E-state index contributed by atoms with van der Waals surface area (Å²) in [6, 6.07) is 24.2. The zero-order chi connectivity index (χ0) is 45.6. The number of hydrogen-bond acceptors (Lipinski definition) is 12. The number of benzene rings is 4. The van der Waals surface area contributed by atoms with Crippen LogP contribution in [0.1, 0.15) is 67.2 Å². The Morgan fingerprint density at radius 1 is 0.435 bits per heavy atom. The van der Waals surface area contributed by atoms with E-state index in [4.69, 9.17) is 29.7 Å². The third kappa shape index (κ3) is 8.78. The minimum Gasteiger partial charge on any atom is -0.387 e. The first kappa shape index (κ1) is 47.1. The Morgan fingerprint density at radius 2 is 0.677 bits per heavy atom. The van der Waals surface area contributed by atoms with E-state index in [1.165, 1.54) is 48.5 Å². The van der Waals surface area contributed by atoms with E-state index in [1.807, 2.05) is 0 Å². The largest absolute Gasteiger partial charge is 0.387 e. The summed E-state index contributed by atoms with van der Waals surface area (Å²) in [5.41, 5.74) is 0.306. The van der Waals surface area contributed by atoms with E-state index in [2.05, 4.69) is 27.7 Å². The van der Waals surface area contributed by atoms with Gasteiger partial charge in [-0.2, -0.15) is 16.8 Å². The van der Waals surface area contributed by atoms with Gasteiger partial charge in [0, 0.05) is 21.4 Å². The zero-order valence-electron chi connectivity index (χ0n) is 34.9. The summed E-state index contributed by atoms with van der Waals surface area (Å²) in [6.07, 6.45) is 1.13. The molecule has 0 spiro atoms. The van der Waals surface area contributed by atoms with E-state index in [0.717, 1.165) is 24.0 Å². The maximum atomic E-state index is 13.1. The first-order valence-electron chi connectivity index (χ1n) is 20.1. The van der Waals surface area contributed by atoms with Crippen LogP contribution in [0.25, 0.3) is 22.3 Å². The fraction of sp³-hybridized carbons (Fsp3) is 0.455. The highest BCUT2D eigenvalue weighted by Crippen LogP contribution is 2.64. The van der Waals surface area contributed by atoms with Gasteiger partial charge >= 0.3 is 0 Å². The second kappa shape index (κ2) is 15.9. The van der Waals surface area contributed by atoms with Crippen molar-refractivity contribution in [2.75, 3.05) is 0 Å². The molecule has 0 heterocycles. The molecule has 0 aromatic heterocycles. The van der Waals surface area contributed by atoms with E-state index >= 15 is 0 Å². The van der Waals surface area contributed by atoms with Crippen molar-refractivity contribution in [3.63, 3.8) is 0 Å². The monoisotopic (exact) mass is 968 g/mol. The van der Waals surface area contributed by atoms with Gasteiger partial charge in [0.05, 0.1) is 30.8 Å². The van der Waals surface area contributed by atoms with Crippen molar-refractivity contribution in [1.82, 2.24) is 0 Å². The predicted molar refractivity (Wildman–Crippen MR) is 235 cm³/mol. The lowest BCUT2D eigenvalue weighted by molar-refractivity contribution is -0.237. The van der Waals surface area contributed by atoms with Crippen LogP contribution in [0, 0.1) is 34.5 Å². The second-order valence-corrected chi connectivity index (χ2v) is 26.9. The Morgan fingerprint density at radius 3 is 0.887 bits per heavy atom. The van der Waals surface area contributed by atoms with Gasteiger partial charge in [-0.25, -0.2) is 16.8 Å². The van der Waals surface area contributed by atoms with Crippen molar-refractivity contribution in [3.05, 3.63) is 97.1 Å². The lowest BCUT2D eigenvalue weighted by Gasteiger charge is -2.64. The lowest BCUT2D eigenvalue weighted by atomic mass is 9.43. The molecule has 6 fully saturated rings. The minimum atomic E-state index is -4.10. The van der Waals surface area contributed by atoms with Crippen LogP contribution in [0.5, 0.6) is 0 Å². The Bertz CT molecular complexity index is 2590. The fourth-order valence-electron chi connectivity index (χ4n) is 10.2. The molecule has 2 N–H and O–H groups in total. The molecule has 0 amide bonds. The van der Waals surface area contributed by atoms with Crippen molar-refractivity contribution >= 4 is 59.7 Å². The van der Waals surface area contributed by atoms with Crippen LogP contribution in [0.2, 0.25) is 0 Å². The van der Waals surface area contributed by atoms with Crippen molar-refractivity contribution in [2.24, 2.45) is 34.5 Å². The molecule has 6 saturated carbocycles. The molecule has 12 nitrogen and oxygen atoms in total. The number of rotatable bonds is 10. The number of fused-ring (bicyclic) bond motifs is 4. The standard InChI is InChI=1S/C32H42O8S2.C12H8Cl2O4S2/c1-29(2)21-15-25(29)31(5,33)27(17-21)39-41(35,36)23-11-7-19(8-12-23)20-9-13-24(14-10-20)42(37,38)40-28-18-22-16-26(30(22,3)4)32(28,6)34;13-19(15,16)11-5-1-9(2-6-11)10-3-7-12(8-4-10)20(14,17)18/h7-14,21-22,25-28,33-34H,15-18H2,1-6H3;1-8H. The maximum Gasteiger partial charge on any atom is 0.297 e. The van der Waals surface area contributed by atoms with Crippen LogP contribution in [0.4, 0.5) is 0 Å². The summed E-state index contributed by atoms with van der Waals surface area (Å²) in [5.74, 6) is 0.598. The number of hydrogen-bond donors (Lipinski definition) is 2. The first-order valence-corrected chi connectivity index (χ1v) is 27.5. The quantitative estimate of drug-likeness (QED) is 0.114. The third-order valence-corrected chi connectivity index (χ3v) is 19.8.